The summed E-state index contributed by atoms with van der Waals surface area (Å²) >= 11 is 6.01. The summed E-state index contributed by atoms with van der Waals surface area (Å²) < 4.78 is 0. The monoisotopic (exact) mass is 327 g/mol. The van der Waals surface area contributed by atoms with Crippen molar-refractivity contribution < 1.29 is 0 Å². The van der Waals surface area contributed by atoms with Gasteiger partial charge in [-0.15, -0.1) is 24.8 Å². The number of aryl methyl sites for hydroxylation is 1. The number of anilines is 1. The van der Waals surface area contributed by atoms with Crippen LogP contribution in [0, 0.1) is 6.92 Å². The van der Waals surface area contributed by atoms with Crippen molar-refractivity contribution >= 4 is 42.2 Å². The van der Waals surface area contributed by atoms with Crippen LogP contribution in [0.1, 0.15) is 5.82 Å². The molecule has 0 unspecified atom stereocenters. The maximum Gasteiger partial charge on any atom is 0.148 e. The lowest BCUT2D eigenvalue weighted by molar-refractivity contribution is 0.249. The van der Waals surface area contributed by atoms with Gasteiger partial charge in [0.25, 0.3) is 0 Å². The highest BCUT2D eigenvalue weighted by molar-refractivity contribution is 6.32. The highest BCUT2D eigenvalue weighted by atomic mass is 35.5. The fourth-order valence-electron chi connectivity index (χ4n) is 1.85. The van der Waals surface area contributed by atoms with Crippen LogP contribution >= 0.6 is 36.4 Å². The van der Waals surface area contributed by atoms with Crippen LogP contribution in [0.2, 0.25) is 5.02 Å². The average molecular weight is 329 g/mol. The summed E-state index contributed by atoms with van der Waals surface area (Å²) in [6, 6.07) is 0. The molecule has 5 nitrogen and oxygen atoms in total. The van der Waals surface area contributed by atoms with Crippen molar-refractivity contribution in [2.75, 3.05) is 44.6 Å². The van der Waals surface area contributed by atoms with E-state index in [-0.39, 0.29) is 24.8 Å². The van der Waals surface area contributed by atoms with Gasteiger partial charge in [0, 0.05) is 39.3 Å². The largest absolute Gasteiger partial charge is 0.367 e. The standard InChI is InChI=1S/C11H18ClN5.2ClH/c1-9-15-8-10(12)11(16-9)14-4-7-17-5-2-13-3-6-17;;/h8,13H,2-7H2,1H3,(H,14,15,16);2*1H. The molecule has 110 valence electrons. The van der Waals surface area contributed by atoms with Crippen LogP contribution in [0.3, 0.4) is 0 Å². The molecule has 1 aromatic rings. The maximum atomic E-state index is 6.01. The van der Waals surface area contributed by atoms with Crippen LogP contribution in [-0.4, -0.2) is 54.1 Å². The number of hydrogen-bond donors (Lipinski definition) is 2. The summed E-state index contributed by atoms with van der Waals surface area (Å²) in [4.78, 5) is 10.7. The van der Waals surface area contributed by atoms with E-state index in [0.717, 1.165) is 50.9 Å². The van der Waals surface area contributed by atoms with E-state index in [1.807, 2.05) is 6.92 Å². The first-order valence-electron chi connectivity index (χ1n) is 5.92. The number of nitrogens with zero attached hydrogens (tertiary/aromatic N) is 3. The van der Waals surface area contributed by atoms with Crippen LogP contribution in [-0.2, 0) is 0 Å². The summed E-state index contributed by atoms with van der Waals surface area (Å²) in [7, 11) is 0. The topological polar surface area (TPSA) is 53.1 Å². The Kier molecular flexibility index (Phi) is 9.39. The second kappa shape index (κ2) is 9.55. The molecular weight excluding hydrogens is 309 g/mol. The second-order valence-corrected chi connectivity index (χ2v) is 4.54. The molecule has 0 aromatic carbocycles. The minimum Gasteiger partial charge on any atom is -0.367 e. The van der Waals surface area contributed by atoms with E-state index in [9.17, 15) is 0 Å². The van der Waals surface area contributed by atoms with E-state index < -0.39 is 0 Å². The van der Waals surface area contributed by atoms with Gasteiger partial charge in [0.15, 0.2) is 0 Å². The number of piperazine rings is 1. The Hall–Kier alpha value is -0.330. The van der Waals surface area contributed by atoms with Crippen LogP contribution < -0.4 is 10.6 Å². The Bertz CT molecular complexity index is 371. The molecule has 19 heavy (non-hydrogen) atoms. The smallest absolute Gasteiger partial charge is 0.148 e. The molecule has 8 heteroatoms. The number of aromatic nitrogens is 2. The van der Waals surface area contributed by atoms with E-state index in [1.54, 1.807) is 6.20 Å². The van der Waals surface area contributed by atoms with Crippen molar-refractivity contribution in [3.8, 4) is 0 Å². The number of halogens is 3. The maximum absolute atomic E-state index is 6.01. The average Bonchev–Trinajstić information content (AvgIpc) is 2.35. The van der Waals surface area contributed by atoms with Gasteiger partial charge in [-0.1, -0.05) is 11.6 Å². The molecule has 0 amide bonds. The Balaban J connectivity index is 0.00000162. The summed E-state index contributed by atoms with van der Waals surface area (Å²) in [6.07, 6.45) is 1.64. The summed E-state index contributed by atoms with van der Waals surface area (Å²) in [6.45, 7) is 8.10. The molecule has 0 radical (unpaired) electrons. The Morgan fingerprint density at radius 2 is 2.05 bits per heavy atom. The third-order valence-electron chi connectivity index (χ3n) is 2.79. The molecule has 1 aliphatic rings. The fraction of sp³-hybridized carbons (Fsp3) is 0.636. The van der Waals surface area contributed by atoms with Crippen molar-refractivity contribution in [1.29, 1.82) is 0 Å². The first-order valence-corrected chi connectivity index (χ1v) is 6.29. The van der Waals surface area contributed by atoms with Gasteiger partial charge in [0.05, 0.1) is 6.20 Å². The lowest BCUT2D eigenvalue weighted by atomic mass is 10.3. The zero-order chi connectivity index (χ0) is 12.1. The molecule has 2 heterocycles. The summed E-state index contributed by atoms with van der Waals surface area (Å²) in [5.41, 5.74) is 0. The number of hydrogen-bond acceptors (Lipinski definition) is 5. The van der Waals surface area contributed by atoms with Crippen molar-refractivity contribution in [1.82, 2.24) is 20.2 Å². The molecule has 1 fully saturated rings. The molecule has 0 bridgehead atoms. The Labute approximate surface area is 131 Å². The predicted octanol–water partition coefficient (Wildman–Crippen LogP) is 1.60. The van der Waals surface area contributed by atoms with Crippen molar-refractivity contribution in [2.24, 2.45) is 0 Å². The van der Waals surface area contributed by atoms with E-state index in [4.69, 9.17) is 11.6 Å². The summed E-state index contributed by atoms with van der Waals surface area (Å²) in [5.74, 6) is 1.47. The fourth-order valence-corrected chi connectivity index (χ4v) is 2.00. The minimum atomic E-state index is 0. The van der Waals surface area contributed by atoms with Crippen molar-refractivity contribution in [3.63, 3.8) is 0 Å². The van der Waals surface area contributed by atoms with Gasteiger partial charge in [-0.05, 0) is 6.92 Å². The van der Waals surface area contributed by atoms with Crippen molar-refractivity contribution in [3.05, 3.63) is 17.0 Å². The highest BCUT2D eigenvalue weighted by Gasteiger charge is 2.09. The van der Waals surface area contributed by atoms with Gasteiger partial charge in [-0.2, -0.15) is 0 Å². The van der Waals surface area contributed by atoms with Crippen LogP contribution in [0.5, 0.6) is 0 Å². The Morgan fingerprint density at radius 1 is 1.37 bits per heavy atom. The third-order valence-corrected chi connectivity index (χ3v) is 3.07. The van der Waals surface area contributed by atoms with Crippen LogP contribution in [0.25, 0.3) is 0 Å². The molecule has 2 rings (SSSR count). The highest BCUT2D eigenvalue weighted by Crippen LogP contribution is 2.16. The molecule has 0 saturated carbocycles. The van der Waals surface area contributed by atoms with Gasteiger partial charge < -0.3 is 10.6 Å². The molecule has 2 N–H and O–H groups in total. The number of rotatable bonds is 4. The minimum absolute atomic E-state index is 0. The van der Waals surface area contributed by atoms with Gasteiger partial charge in [-0.3, -0.25) is 4.90 Å². The molecule has 1 aliphatic heterocycles. The molecular formula is C11H20Cl3N5. The van der Waals surface area contributed by atoms with E-state index in [0.29, 0.717) is 5.02 Å². The third kappa shape index (κ3) is 6.10. The second-order valence-electron chi connectivity index (χ2n) is 4.13. The van der Waals surface area contributed by atoms with Gasteiger partial charge in [-0.25, -0.2) is 9.97 Å². The molecule has 1 aromatic heterocycles. The van der Waals surface area contributed by atoms with Gasteiger partial charge in [0.2, 0.25) is 0 Å². The summed E-state index contributed by atoms with van der Waals surface area (Å²) in [5, 5.41) is 7.17. The first kappa shape index (κ1) is 18.7. The zero-order valence-corrected chi connectivity index (χ0v) is 13.2. The van der Waals surface area contributed by atoms with E-state index >= 15 is 0 Å². The Morgan fingerprint density at radius 3 is 2.74 bits per heavy atom. The van der Waals surface area contributed by atoms with E-state index in [2.05, 4.69) is 25.5 Å². The molecule has 0 aliphatic carbocycles. The van der Waals surface area contributed by atoms with Crippen LogP contribution in [0.4, 0.5) is 5.82 Å². The zero-order valence-electron chi connectivity index (χ0n) is 10.9. The molecule has 1 saturated heterocycles. The van der Waals surface area contributed by atoms with Gasteiger partial charge in [0.1, 0.15) is 16.7 Å². The quantitative estimate of drug-likeness (QED) is 0.879. The molecule has 0 spiro atoms. The van der Waals surface area contributed by atoms with Crippen LogP contribution in [0.15, 0.2) is 6.20 Å². The lowest BCUT2D eigenvalue weighted by Gasteiger charge is -2.27. The first-order chi connectivity index (χ1) is 8.25. The van der Waals surface area contributed by atoms with Gasteiger partial charge >= 0.3 is 0 Å². The normalized spacial score (nSPS) is 15.3. The number of nitrogens with one attached hydrogen (secondary N) is 2. The molecule has 0 atom stereocenters. The van der Waals surface area contributed by atoms with E-state index in [1.165, 1.54) is 0 Å². The van der Waals surface area contributed by atoms with Crippen molar-refractivity contribution in [2.45, 2.75) is 6.92 Å². The predicted molar refractivity (Wildman–Crippen MR) is 84.1 cm³/mol. The lowest BCUT2D eigenvalue weighted by Crippen LogP contribution is -2.45. The SMILES string of the molecule is Cc1ncc(Cl)c(NCCN2CCNCC2)n1.Cl.Cl.